The molecule has 174 valence electrons. The minimum absolute atomic E-state index is 0.356. The minimum atomic E-state index is 0.356. The zero-order valence-electron chi connectivity index (χ0n) is 19.8. The summed E-state index contributed by atoms with van der Waals surface area (Å²) >= 11 is 3.66. The molecule has 0 saturated carbocycles. The Balaban J connectivity index is 1.83. The molecule has 1 aromatic heterocycles. The van der Waals surface area contributed by atoms with Gasteiger partial charge in [0.05, 0.1) is 25.6 Å². The van der Waals surface area contributed by atoms with Gasteiger partial charge in [-0.15, -0.1) is 10.2 Å². The fraction of sp³-hybridized carbons (Fsp3) is 0.400. The summed E-state index contributed by atoms with van der Waals surface area (Å²) in [6, 6.07) is 12.4. The number of ether oxygens (including phenoxy) is 2. The molecule has 0 aliphatic carbocycles. The van der Waals surface area contributed by atoms with E-state index in [0.29, 0.717) is 12.6 Å². The summed E-state index contributed by atoms with van der Waals surface area (Å²) in [7, 11) is 3.32. The SMILES string of the molecule is CCN(CC)C(C)Cc1nnc2n1-c1cc(Br)ccc1C(c1ccc(OC)cc1OC)=NC2. The van der Waals surface area contributed by atoms with Crippen LogP contribution in [-0.2, 0) is 13.0 Å². The van der Waals surface area contributed by atoms with Gasteiger partial charge in [-0.3, -0.25) is 9.56 Å². The predicted octanol–water partition coefficient (Wildman–Crippen LogP) is 4.67. The van der Waals surface area contributed by atoms with Gasteiger partial charge in [-0.25, -0.2) is 0 Å². The number of halogens is 1. The average molecular weight is 512 g/mol. The second-order valence-corrected chi connectivity index (χ2v) is 8.95. The van der Waals surface area contributed by atoms with E-state index in [0.717, 1.165) is 69.7 Å². The van der Waals surface area contributed by atoms with Crippen LogP contribution in [0, 0.1) is 0 Å². The molecule has 0 radical (unpaired) electrons. The summed E-state index contributed by atoms with van der Waals surface area (Å²) in [6.45, 7) is 9.08. The maximum Gasteiger partial charge on any atom is 0.159 e. The highest BCUT2D eigenvalue weighted by molar-refractivity contribution is 9.10. The number of likely N-dealkylation sites (N-methyl/N-ethyl adjacent to an activating group) is 1. The molecule has 1 aliphatic rings. The molecule has 1 atom stereocenters. The number of hydrogen-bond donors (Lipinski definition) is 0. The number of fused-ring (bicyclic) bond motifs is 3. The van der Waals surface area contributed by atoms with Crippen molar-refractivity contribution in [3.8, 4) is 17.2 Å². The first-order chi connectivity index (χ1) is 16.0. The molecule has 0 spiro atoms. The van der Waals surface area contributed by atoms with Crippen LogP contribution in [0.5, 0.6) is 11.5 Å². The number of aromatic nitrogens is 3. The van der Waals surface area contributed by atoms with E-state index in [9.17, 15) is 0 Å². The van der Waals surface area contributed by atoms with E-state index in [1.165, 1.54) is 0 Å². The van der Waals surface area contributed by atoms with Crippen molar-refractivity contribution in [2.75, 3.05) is 27.3 Å². The lowest BCUT2D eigenvalue weighted by molar-refractivity contribution is 0.227. The fourth-order valence-electron chi connectivity index (χ4n) is 4.46. The molecule has 1 unspecified atom stereocenters. The van der Waals surface area contributed by atoms with Crippen molar-refractivity contribution < 1.29 is 9.47 Å². The lowest BCUT2D eigenvalue weighted by atomic mass is 9.99. The van der Waals surface area contributed by atoms with Gasteiger partial charge < -0.3 is 14.4 Å². The third kappa shape index (κ3) is 4.54. The fourth-order valence-corrected chi connectivity index (χ4v) is 4.81. The van der Waals surface area contributed by atoms with E-state index in [2.05, 4.69) is 68.5 Å². The van der Waals surface area contributed by atoms with E-state index in [1.807, 2.05) is 24.3 Å². The van der Waals surface area contributed by atoms with Crippen LogP contribution in [0.4, 0.5) is 0 Å². The summed E-state index contributed by atoms with van der Waals surface area (Å²) in [5.74, 6) is 3.24. The molecule has 0 fully saturated rings. The van der Waals surface area contributed by atoms with Crippen molar-refractivity contribution in [1.82, 2.24) is 19.7 Å². The molecule has 33 heavy (non-hydrogen) atoms. The lowest BCUT2D eigenvalue weighted by Gasteiger charge is -2.26. The maximum absolute atomic E-state index is 5.70. The first-order valence-electron chi connectivity index (χ1n) is 11.2. The van der Waals surface area contributed by atoms with Crippen LogP contribution in [0.15, 0.2) is 45.9 Å². The first-order valence-corrected chi connectivity index (χ1v) is 12.0. The van der Waals surface area contributed by atoms with Crippen molar-refractivity contribution >= 4 is 21.6 Å². The topological polar surface area (TPSA) is 64.8 Å². The van der Waals surface area contributed by atoms with Crippen LogP contribution in [0.3, 0.4) is 0 Å². The maximum atomic E-state index is 5.70. The van der Waals surface area contributed by atoms with Gasteiger partial charge in [0.25, 0.3) is 0 Å². The van der Waals surface area contributed by atoms with Gasteiger partial charge in [-0.1, -0.05) is 29.8 Å². The molecule has 7 nitrogen and oxygen atoms in total. The van der Waals surface area contributed by atoms with Gasteiger partial charge in [0, 0.05) is 34.1 Å². The van der Waals surface area contributed by atoms with Gasteiger partial charge in [-0.05, 0) is 50.3 Å². The van der Waals surface area contributed by atoms with Gasteiger partial charge in [-0.2, -0.15) is 0 Å². The summed E-state index contributed by atoms with van der Waals surface area (Å²) < 4.78 is 14.2. The number of methoxy groups -OCH3 is 2. The predicted molar refractivity (Wildman–Crippen MR) is 134 cm³/mol. The molecular weight excluding hydrogens is 482 g/mol. The Hall–Kier alpha value is -2.71. The van der Waals surface area contributed by atoms with Crippen LogP contribution < -0.4 is 9.47 Å². The average Bonchev–Trinajstić information content (AvgIpc) is 3.14. The van der Waals surface area contributed by atoms with Gasteiger partial charge in [0.1, 0.15) is 23.9 Å². The smallest absolute Gasteiger partial charge is 0.159 e. The van der Waals surface area contributed by atoms with E-state index in [1.54, 1.807) is 14.2 Å². The van der Waals surface area contributed by atoms with Crippen molar-refractivity contribution in [2.45, 2.75) is 39.8 Å². The summed E-state index contributed by atoms with van der Waals surface area (Å²) in [5, 5.41) is 9.10. The van der Waals surface area contributed by atoms with E-state index in [4.69, 9.17) is 14.5 Å². The van der Waals surface area contributed by atoms with Crippen molar-refractivity contribution in [3.05, 3.63) is 63.6 Å². The first kappa shape index (κ1) is 23.4. The van der Waals surface area contributed by atoms with Crippen LogP contribution in [0.1, 0.15) is 43.5 Å². The number of hydrogen-bond acceptors (Lipinski definition) is 6. The van der Waals surface area contributed by atoms with Crippen molar-refractivity contribution in [3.63, 3.8) is 0 Å². The molecule has 0 saturated heterocycles. The Morgan fingerprint density at radius 3 is 2.48 bits per heavy atom. The standard InChI is InChI=1S/C25H30BrN5O2/c1-6-30(7-2)16(3)12-23-28-29-24-15-27-25(19-10-8-17(26)13-21(19)31(23)24)20-11-9-18(32-4)14-22(20)33-5/h8-11,13-14,16H,6-7,12,15H2,1-5H3. The Labute approximate surface area is 203 Å². The normalized spacial score (nSPS) is 13.7. The highest BCUT2D eigenvalue weighted by Crippen LogP contribution is 2.33. The van der Waals surface area contributed by atoms with Gasteiger partial charge >= 0.3 is 0 Å². The molecule has 4 rings (SSSR count). The number of benzene rings is 2. The lowest BCUT2D eigenvalue weighted by Crippen LogP contribution is -2.35. The second kappa shape index (κ2) is 10.1. The highest BCUT2D eigenvalue weighted by atomic mass is 79.9. The molecule has 0 bridgehead atoms. The Kier molecular flexibility index (Phi) is 7.14. The Bertz CT molecular complexity index is 1170. The minimum Gasteiger partial charge on any atom is -0.497 e. The molecule has 0 N–H and O–H groups in total. The zero-order valence-corrected chi connectivity index (χ0v) is 21.4. The monoisotopic (exact) mass is 511 g/mol. The van der Waals surface area contributed by atoms with Crippen molar-refractivity contribution in [2.24, 2.45) is 4.99 Å². The molecule has 2 aromatic carbocycles. The van der Waals surface area contributed by atoms with Gasteiger partial charge in [0.15, 0.2) is 5.82 Å². The number of nitrogens with zero attached hydrogens (tertiary/aromatic N) is 5. The van der Waals surface area contributed by atoms with Crippen LogP contribution >= 0.6 is 15.9 Å². The molecule has 2 heterocycles. The molecular formula is C25H30BrN5O2. The Morgan fingerprint density at radius 2 is 1.79 bits per heavy atom. The highest BCUT2D eigenvalue weighted by Gasteiger charge is 2.26. The summed E-state index contributed by atoms with van der Waals surface area (Å²) in [4.78, 5) is 7.41. The van der Waals surface area contributed by atoms with E-state index < -0.39 is 0 Å². The third-order valence-corrected chi connectivity index (χ3v) is 6.70. The van der Waals surface area contributed by atoms with Crippen LogP contribution in [0.25, 0.3) is 5.69 Å². The summed E-state index contributed by atoms with van der Waals surface area (Å²) in [6.07, 6.45) is 0.807. The van der Waals surface area contributed by atoms with Crippen molar-refractivity contribution in [1.29, 1.82) is 0 Å². The number of aliphatic imine (C=N–C) groups is 1. The quantitative estimate of drug-likeness (QED) is 0.439. The Morgan fingerprint density at radius 1 is 1.03 bits per heavy atom. The van der Waals surface area contributed by atoms with Gasteiger partial charge in [0.2, 0.25) is 0 Å². The molecule has 8 heteroatoms. The van der Waals surface area contributed by atoms with E-state index in [-0.39, 0.29) is 0 Å². The molecule has 0 amide bonds. The van der Waals surface area contributed by atoms with E-state index >= 15 is 0 Å². The number of rotatable bonds is 8. The largest absolute Gasteiger partial charge is 0.497 e. The second-order valence-electron chi connectivity index (χ2n) is 8.03. The molecule has 3 aromatic rings. The third-order valence-electron chi connectivity index (χ3n) is 6.21. The van der Waals surface area contributed by atoms with Crippen LogP contribution in [-0.4, -0.2) is 58.7 Å². The zero-order chi connectivity index (χ0) is 23.5. The van der Waals surface area contributed by atoms with Crippen LogP contribution in [0.2, 0.25) is 0 Å². The molecule has 1 aliphatic heterocycles. The summed E-state index contributed by atoms with van der Waals surface area (Å²) in [5.41, 5.74) is 3.81.